The Bertz CT molecular complexity index is 1110. The fourth-order valence-electron chi connectivity index (χ4n) is 2.60. The molecule has 0 aliphatic heterocycles. The van der Waals surface area contributed by atoms with E-state index >= 15 is 0 Å². The minimum atomic E-state index is -4.65. The molecular weight excluding hydrogens is 458 g/mol. The standard InChI is InChI=1S/C19H16ClF4N5OS/c1-10(17(30)26-12-6-7-14(20)13(9-12)19(22,23)24)31-18-28-27-16(29(18)25)8-11-4-2-3-5-15(11)21/h2-7,9-10H,8,25H2,1H3,(H,26,30)/t10-/m1/s1. The van der Waals surface area contributed by atoms with Crippen LogP contribution in [-0.4, -0.2) is 26.0 Å². The first kappa shape index (κ1) is 22.9. The Morgan fingerprint density at radius 3 is 2.65 bits per heavy atom. The van der Waals surface area contributed by atoms with Crippen LogP contribution in [0.25, 0.3) is 0 Å². The number of nitrogen functional groups attached to an aromatic ring is 1. The van der Waals surface area contributed by atoms with Gasteiger partial charge in [0.2, 0.25) is 11.1 Å². The van der Waals surface area contributed by atoms with Crippen LogP contribution < -0.4 is 11.2 Å². The van der Waals surface area contributed by atoms with Crippen LogP contribution in [0.4, 0.5) is 23.2 Å². The number of nitrogens with one attached hydrogen (secondary N) is 1. The van der Waals surface area contributed by atoms with Gasteiger partial charge in [0, 0.05) is 12.1 Å². The van der Waals surface area contributed by atoms with Crippen LogP contribution in [0.15, 0.2) is 47.6 Å². The summed E-state index contributed by atoms with van der Waals surface area (Å²) < 4.78 is 53.9. The maximum atomic E-state index is 13.8. The third-order valence-corrected chi connectivity index (χ3v) is 5.62. The summed E-state index contributed by atoms with van der Waals surface area (Å²) in [4.78, 5) is 12.4. The highest BCUT2D eigenvalue weighted by Gasteiger charge is 2.33. The highest BCUT2D eigenvalue weighted by atomic mass is 35.5. The van der Waals surface area contributed by atoms with Crippen LogP contribution >= 0.6 is 23.4 Å². The minimum Gasteiger partial charge on any atom is -0.336 e. The van der Waals surface area contributed by atoms with E-state index < -0.39 is 33.7 Å². The van der Waals surface area contributed by atoms with E-state index in [1.54, 1.807) is 18.2 Å². The predicted octanol–water partition coefficient (Wildman–Crippen LogP) is 4.51. The van der Waals surface area contributed by atoms with Crippen molar-refractivity contribution in [3.05, 3.63) is 70.3 Å². The molecule has 3 rings (SSSR count). The first-order valence-corrected chi connectivity index (χ1v) is 10.1. The Kier molecular flexibility index (Phi) is 6.75. The number of anilines is 1. The average Bonchev–Trinajstić information content (AvgIpc) is 3.03. The third-order valence-electron chi connectivity index (χ3n) is 4.23. The summed E-state index contributed by atoms with van der Waals surface area (Å²) in [5.74, 6) is 5.27. The van der Waals surface area contributed by atoms with Crippen molar-refractivity contribution in [1.82, 2.24) is 14.9 Å². The van der Waals surface area contributed by atoms with Crippen molar-refractivity contribution in [2.75, 3.05) is 11.2 Å². The van der Waals surface area contributed by atoms with Gasteiger partial charge in [0.05, 0.1) is 15.8 Å². The molecule has 0 spiro atoms. The van der Waals surface area contributed by atoms with Crippen molar-refractivity contribution in [3.63, 3.8) is 0 Å². The van der Waals surface area contributed by atoms with Gasteiger partial charge in [0.1, 0.15) is 5.82 Å². The largest absolute Gasteiger partial charge is 0.417 e. The van der Waals surface area contributed by atoms with Gasteiger partial charge in [-0.2, -0.15) is 13.2 Å². The molecule has 1 aromatic heterocycles. The topological polar surface area (TPSA) is 85.8 Å². The van der Waals surface area contributed by atoms with Gasteiger partial charge in [-0.1, -0.05) is 41.6 Å². The molecule has 1 heterocycles. The number of amides is 1. The quantitative estimate of drug-likeness (QED) is 0.312. The van der Waals surface area contributed by atoms with Gasteiger partial charge in [0.25, 0.3) is 0 Å². The molecule has 6 nitrogen and oxygen atoms in total. The van der Waals surface area contributed by atoms with Crippen LogP contribution in [0, 0.1) is 5.82 Å². The number of halogens is 5. The van der Waals surface area contributed by atoms with Gasteiger partial charge in [0.15, 0.2) is 5.82 Å². The van der Waals surface area contributed by atoms with Crippen molar-refractivity contribution in [1.29, 1.82) is 0 Å². The number of thioether (sulfide) groups is 1. The van der Waals surface area contributed by atoms with E-state index in [4.69, 9.17) is 17.4 Å². The maximum Gasteiger partial charge on any atom is 0.417 e. The van der Waals surface area contributed by atoms with Gasteiger partial charge in [-0.25, -0.2) is 9.07 Å². The fourth-order valence-corrected chi connectivity index (χ4v) is 3.61. The van der Waals surface area contributed by atoms with Crippen molar-refractivity contribution in [2.24, 2.45) is 0 Å². The molecule has 1 atom stereocenters. The summed E-state index contributed by atoms with van der Waals surface area (Å²) >= 11 is 6.54. The lowest BCUT2D eigenvalue weighted by molar-refractivity contribution is -0.137. The van der Waals surface area contributed by atoms with Crippen LogP contribution in [0.5, 0.6) is 0 Å². The number of carbonyl (C=O) groups is 1. The normalized spacial score (nSPS) is 12.6. The minimum absolute atomic E-state index is 0.0522. The van der Waals surface area contributed by atoms with Gasteiger partial charge < -0.3 is 11.2 Å². The summed E-state index contributed by atoms with van der Waals surface area (Å²) in [6.07, 6.45) is -4.55. The van der Waals surface area contributed by atoms with Crippen molar-refractivity contribution < 1.29 is 22.4 Å². The predicted molar refractivity (Wildman–Crippen MR) is 110 cm³/mol. The number of alkyl halides is 3. The van der Waals surface area contributed by atoms with E-state index in [2.05, 4.69) is 15.5 Å². The molecule has 1 amide bonds. The SMILES string of the molecule is C[C@@H](Sc1nnc(Cc2ccccc2F)n1N)C(=O)Nc1ccc(Cl)c(C(F)(F)F)c1. The van der Waals surface area contributed by atoms with E-state index in [9.17, 15) is 22.4 Å². The van der Waals surface area contributed by atoms with E-state index in [-0.39, 0.29) is 23.1 Å². The average molecular weight is 474 g/mol. The summed E-state index contributed by atoms with van der Waals surface area (Å²) in [5, 5.41) is 9.21. The lowest BCUT2D eigenvalue weighted by atomic mass is 10.1. The van der Waals surface area contributed by atoms with Crippen LogP contribution in [0.2, 0.25) is 5.02 Å². The number of carbonyl (C=O) groups excluding carboxylic acids is 1. The number of rotatable bonds is 6. The molecule has 164 valence electrons. The van der Waals surface area contributed by atoms with E-state index in [1.807, 2.05) is 0 Å². The molecular formula is C19H16ClF4N5OS. The molecule has 3 N–H and O–H groups in total. The van der Waals surface area contributed by atoms with Gasteiger partial charge in [-0.15, -0.1) is 10.2 Å². The highest BCUT2D eigenvalue weighted by molar-refractivity contribution is 8.00. The summed E-state index contributed by atoms with van der Waals surface area (Å²) in [6, 6.07) is 9.23. The molecule has 0 aliphatic carbocycles. The Morgan fingerprint density at radius 2 is 1.97 bits per heavy atom. The molecule has 0 radical (unpaired) electrons. The van der Waals surface area contributed by atoms with Crippen LogP contribution in [0.3, 0.4) is 0 Å². The second kappa shape index (κ2) is 9.15. The highest BCUT2D eigenvalue weighted by Crippen LogP contribution is 2.36. The zero-order chi connectivity index (χ0) is 22.8. The van der Waals surface area contributed by atoms with Gasteiger partial charge >= 0.3 is 6.18 Å². The molecule has 0 fully saturated rings. The molecule has 0 aliphatic rings. The second-order valence-corrected chi connectivity index (χ2v) is 8.19. The molecule has 0 unspecified atom stereocenters. The lowest BCUT2D eigenvalue weighted by Crippen LogP contribution is -2.24. The second-order valence-electron chi connectivity index (χ2n) is 6.48. The van der Waals surface area contributed by atoms with Crippen LogP contribution in [0.1, 0.15) is 23.9 Å². The molecule has 0 saturated heterocycles. The third kappa shape index (κ3) is 5.47. The number of benzene rings is 2. The number of nitrogens with two attached hydrogens (primary N) is 1. The lowest BCUT2D eigenvalue weighted by Gasteiger charge is -2.14. The Morgan fingerprint density at radius 1 is 1.26 bits per heavy atom. The zero-order valence-electron chi connectivity index (χ0n) is 16.0. The first-order chi connectivity index (χ1) is 14.6. The summed E-state index contributed by atoms with van der Waals surface area (Å²) in [5.41, 5.74) is -0.720. The monoisotopic (exact) mass is 473 g/mol. The van der Waals surface area contributed by atoms with E-state index in [0.29, 0.717) is 5.56 Å². The number of aromatic nitrogens is 3. The number of hydrogen-bond acceptors (Lipinski definition) is 5. The van der Waals surface area contributed by atoms with Gasteiger partial charge in [-0.05, 0) is 36.8 Å². The number of hydrogen-bond donors (Lipinski definition) is 2. The number of nitrogens with zero attached hydrogens (tertiary/aromatic N) is 3. The van der Waals surface area contributed by atoms with Crippen molar-refractivity contribution in [2.45, 2.75) is 29.9 Å². The molecule has 0 bridgehead atoms. The molecule has 12 heteroatoms. The summed E-state index contributed by atoms with van der Waals surface area (Å²) in [7, 11) is 0. The summed E-state index contributed by atoms with van der Waals surface area (Å²) in [6.45, 7) is 1.53. The Balaban J connectivity index is 1.68. The molecule has 0 saturated carbocycles. The maximum absolute atomic E-state index is 13.8. The smallest absolute Gasteiger partial charge is 0.336 e. The zero-order valence-corrected chi connectivity index (χ0v) is 17.5. The molecule has 3 aromatic rings. The van der Waals surface area contributed by atoms with E-state index in [1.165, 1.54) is 19.1 Å². The Hall–Kier alpha value is -2.79. The van der Waals surface area contributed by atoms with Gasteiger partial charge in [-0.3, -0.25) is 4.79 Å². The molecule has 31 heavy (non-hydrogen) atoms. The van der Waals surface area contributed by atoms with E-state index in [0.717, 1.165) is 28.6 Å². The van der Waals surface area contributed by atoms with Crippen molar-refractivity contribution >= 4 is 35.0 Å². The van der Waals surface area contributed by atoms with Crippen LogP contribution in [-0.2, 0) is 17.4 Å². The first-order valence-electron chi connectivity index (χ1n) is 8.83. The Labute approximate surface area is 183 Å². The molecule has 2 aromatic carbocycles. The fraction of sp³-hybridized carbons (Fsp3) is 0.211. The van der Waals surface area contributed by atoms with Crippen molar-refractivity contribution in [3.8, 4) is 0 Å².